The van der Waals surface area contributed by atoms with E-state index in [-0.39, 0.29) is 18.3 Å². The number of fused-ring (bicyclic) bond motifs is 1. The number of hydrogen-bond donors (Lipinski definition) is 1. The molecule has 0 bridgehead atoms. The van der Waals surface area contributed by atoms with E-state index in [0.29, 0.717) is 17.9 Å². The highest BCUT2D eigenvalue weighted by molar-refractivity contribution is 5.94. The maximum Gasteiger partial charge on any atom is 0.339 e. The molecular formula is C19H16N4O3. The standard InChI is InChI=1S/C19H16N4O3/c24-17(11-16-14-6-1-2-7-15(14)19(25)26-16)21-12-13-5-3-8-20-18(13)23-10-4-9-22-23/h1-10,16H,11-12H2,(H,21,24). The van der Waals surface area contributed by atoms with Gasteiger partial charge in [0.05, 0.1) is 12.0 Å². The van der Waals surface area contributed by atoms with Crippen LogP contribution in [-0.4, -0.2) is 26.6 Å². The molecule has 0 spiro atoms. The summed E-state index contributed by atoms with van der Waals surface area (Å²) in [7, 11) is 0. The zero-order chi connectivity index (χ0) is 17.9. The van der Waals surface area contributed by atoms with E-state index in [2.05, 4.69) is 15.4 Å². The fourth-order valence-electron chi connectivity index (χ4n) is 2.97. The number of esters is 1. The van der Waals surface area contributed by atoms with Crippen molar-refractivity contribution in [2.24, 2.45) is 0 Å². The molecule has 3 aromatic rings. The Morgan fingerprint density at radius 1 is 1.15 bits per heavy atom. The van der Waals surface area contributed by atoms with Gasteiger partial charge in [0.15, 0.2) is 5.82 Å². The van der Waals surface area contributed by atoms with Gasteiger partial charge < -0.3 is 10.1 Å². The van der Waals surface area contributed by atoms with E-state index < -0.39 is 6.10 Å². The summed E-state index contributed by atoms with van der Waals surface area (Å²) in [5.74, 6) is 0.0804. The number of cyclic esters (lactones) is 1. The number of nitrogens with zero attached hydrogens (tertiary/aromatic N) is 3. The molecule has 3 heterocycles. The first-order chi connectivity index (χ1) is 12.7. The average molecular weight is 348 g/mol. The minimum Gasteiger partial charge on any atom is -0.453 e. The van der Waals surface area contributed by atoms with Crippen molar-refractivity contribution in [3.63, 3.8) is 0 Å². The monoisotopic (exact) mass is 348 g/mol. The molecule has 7 nitrogen and oxygen atoms in total. The zero-order valence-electron chi connectivity index (χ0n) is 13.8. The minimum atomic E-state index is -0.543. The van der Waals surface area contributed by atoms with Crippen LogP contribution in [0.2, 0.25) is 0 Å². The lowest BCUT2D eigenvalue weighted by Gasteiger charge is -2.12. The molecule has 4 rings (SSSR count). The largest absolute Gasteiger partial charge is 0.453 e. The fourth-order valence-corrected chi connectivity index (χ4v) is 2.97. The summed E-state index contributed by atoms with van der Waals surface area (Å²) >= 11 is 0. The lowest BCUT2D eigenvalue weighted by Crippen LogP contribution is -2.25. The number of carbonyl (C=O) groups is 2. The SMILES string of the molecule is O=C(CC1OC(=O)c2ccccc21)NCc1cccnc1-n1cccn1. The maximum atomic E-state index is 12.3. The predicted octanol–water partition coefficient (Wildman–Crippen LogP) is 2.19. The molecule has 0 saturated heterocycles. The van der Waals surface area contributed by atoms with Crippen molar-refractivity contribution in [1.82, 2.24) is 20.1 Å². The van der Waals surface area contributed by atoms with Crippen LogP contribution in [0, 0.1) is 0 Å². The third kappa shape index (κ3) is 3.06. The smallest absolute Gasteiger partial charge is 0.339 e. The Hall–Kier alpha value is -3.48. The Kier molecular flexibility index (Phi) is 4.18. The van der Waals surface area contributed by atoms with Gasteiger partial charge in [-0.3, -0.25) is 4.79 Å². The van der Waals surface area contributed by atoms with E-state index in [1.54, 1.807) is 35.4 Å². The first-order valence-corrected chi connectivity index (χ1v) is 8.23. The number of aromatic nitrogens is 3. The summed E-state index contributed by atoms with van der Waals surface area (Å²) in [5, 5.41) is 7.04. The van der Waals surface area contributed by atoms with Crippen LogP contribution in [0.4, 0.5) is 0 Å². The maximum absolute atomic E-state index is 12.3. The van der Waals surface area contributed by atoms with Gasteiger partial charge in [0.2, 0.25) is 5.91 Å². The van der Waals surface area contributed by atoms with Crippen molar-refractivity contribution in [1.29, 1.82) is 0 Å². The molecule has 1 aromatic carbocycles. The van der Waals surface area contributed by atoms with Gasteiger partial charge in [-0.05, 0) is 18.2 Å². The van der Waals surface area contributed by atoms with Gasteiger partial charge in [-0.15, -0.1) is 0 Å². The van der Waals surface area contributed by atoms with E-state index in [9.17, 15) is 9.59 Å². The average Bonchev–Trinajstić information content (AvgIpc) is 3.30. The molecule has 0 fully saturated rings. The molecule has 2 aromatic heterocycles. The Morgan fingerprint density at radius 2 is 2.04 bits per heavy atom. The molecule has 130 valence electrons. The van der Waals surface area contributed by atoms with E-state index in [1.807, 2.05) is 30.3 Å². The van der Waals surface area contributed by atoms with E-state index in [1.165, 1.54) is 0 Å². The third-order valence-electron chi connectivity index (χ3n) is 4.21. The van der Waals surface area contributed by atoms with Crippen LogP contribution in [0.15, 0.2) is 61.1 Å². The summed E-state index contributed by atoms with van der Waals surface area (Å²) in [4.78, 5) is 28.5. The molecule has 26 heavy (non-hydrogen) atoms. The van der Waals surface area contributed by atoms with Crippen LogP contribution in [0.25, 0.3) is 5.82 Å². The van der Waals surface area contributed by atoms with Crippen molar-refractivity contribution < 1.29 is 14.3 Å². The van der Waals surface area contributed by atoms with Crippen molar-refractivity contribution in [3.8, 4) is 5.82 Å². The number of hydrogen-bond acceptors (Lipinski definition) is 5. The zero-order valence-corrected chi connectivity index (χ0v) is 13.8. The number of amides is 1. The minimum absolute atomic E-state index is 0.0835. The van der Waals surface area contributed by atoms with Gasteiger partial charge in [0.1, 0.15) is 6.10 Å². The molecule has 1 aliphatic heterocycles. The Morgan fingerprint density at radius 3 is 2.88 bits per heavy atom. The molecule has 0 saturated carbocycles. The van der Waals surface area contributed by atoms with E-state index in [4.69, 9.17) is 4.74 Å². The van der Waals surface area contributed by atoms with Crippen LogP contribution < -0.4 is 5.32 Å². The molecule has 1 unspecified atom stereocenters. The van der Waals surface area contributed by atoms with Crippen LogP contribution in [0.3, 0.4) is 0 Å². The fraction of sp³-hybridized carbons (Fsp3) is 0.158. The lowest BCUT2D eigenvalue weighted by atomic mass is 10.0. The van der Waals surface area contributed by atoms with Crippen molar-refractivity contribution in [2.75, 3.05) is 0 Å². The molecule has 0 aliphatic carbocycles. The molecule has 1 atom stereocenters. The second-order valence-electron chi connectivity index (χ2n) is 5.90. The first kappa shape index (κ1) is 16.0. The Balaban J connectivity index is 1.42. The number of nitrogens with one attached hydrogen (secondary N) is 1. The van der Waals surface area contributed by atoms with Crippen molar-refractivity contribution in [3.05, 3.63) is 77.7 Å². The highest BCUT2D eigenvalue weighted by Gasteiger charge is 2.31. The van der Waals surface area contributed by atoms with Gasteiger partial charge in [-0.1, -0.05) is 24.3 Å². The normalized spacial score (nSPS) is 15.4. The molecule has 1 amide bonds. The van der Waals surface area contributed by atoms with Gasteiger partial charge in [0.25, 0.3) is 0 Å². The van der Waals surface area contributed by atoms with Gasteiger partial charge in [-0.25, -0.2) is 14.5 Å². The van der Waals surface area contributed by atoms with Gasteiger partial charge >= 0.3 is 5.97 Å². The first-order valence-electron chi connectivity index (χ1n) is 8.23. The third-order valence-corrected chi connectivity index (χ3v) is 4.21. The van der Waals surface area contributed by atoms with Crippen LogP contribution in [0.5, 0.6) is 0 Å². The van der Waals surface area contributed by atoms with E-state index >= 15 is 0 Å². The quantitative estimate of drug-likeness (QED) is 0.714. The van der Waals surface area contributed by atoms with Crippen LogP contribution in [-0.2, 0) is 16.1 Å². The van der Waals surface area contributed by atoms with Crippen molar-refractivity contribution >= 4 is 11.9 Å². The summed E-state index contributed by atoms with van der Waals surface area (Å²) in [6.07, 6.45) is 4.68. The van der Waals surface area contributed by atoms with Crippen LogP contribution >= 0.6 is 0 Å². The Labute approximate surface area is 149 Å². The molecule has 1 aliphatic rings. The topological polar surface area (TPSA) is 86.1 Å². The molecule has 1 N–H and O–H groups in total. The van der Waals surface area contributed by atoms with E-state index in [0.717, 1.165) is 11.1 Å². The molecular weight excluding hydrogens is 332 g/mol. The highest BCUT2D eigenvalue weighted by Crippen LogP contribution is 2.32. The summed E-state index contributed by atoms with van der Waals surface area (Å²) in [6, 6.07) is 12.6. The molecule has 0 radical (unpaired) electrons. The summed E-state index contributed by atoms with van der Waals surface area (Å²) in [5.41, 5.74) is 2.12. The number of benzene rings is 1. The predicted molar refractivity (Wildman–Crippen MR) is 92.4 cm³/mol. The van der Waals surface area contributed by atoms with Crippen LogP contribution in [0.1, 0.15) is 34.0 Å². The second kappa shape index (κ2) is 6.79. The second-order valence-corrected chi connectivity index (χ2v) is 5.90. The number of rotatable bonds is 5. The van der Waals surface area contributed by atoms with Gasteiger partial charge in [-0.2, -0.15) is 5.10 Å². The summed E-state index contributed by atoms with van der Waals surface area (Å²) < 4.78 is 6.96. The number of pyridine rings is 1. The highest BCUT2D eigenvalue weighted by atomic mass is 16.5. The summed E-state index contributed by atoms with van der Waals surface area (Å²) in [6.45, 7) is 0.310. The molecule has 7 heteroatoms. The Bertz CT molecular complexity index is 953. The van der Waals surface area contributed by atoms with Crippen molar-refractivity contribution in [2.45, 2.75) is 19.1 Å². The number of ether oxygens (including phenoxy) is 1. The number of carbonyl (C=O) groups excluding carboxylic acids is 2. The van der Waals surface area contributed by atoms with Gasteiger partial charge in [0, 0.05) is 36.3 Å². The lowest BCUT2D eigenvalue weighted by molar-refractivity contribution is -0.123.